The molecule has 2 saturated heterocycles. The van der Waals surface area contributed by atoms with E-state index in [1.807, 2.05) is 105 Å². The molecule has 2 fully saturated rings. The third-order valence-corrected chi connectivity index (χ3v) is 18.4. The molecular weight excluding hydrogens is 1830 g/mol. The molecule has 2 aromatic heterocycles. The Morgan fingerprint density at radius 1 is 0.581 bits per heavy atom. The van der Waals surface area contributed by atoms with E-state index in [9.17, 15) is 52.4 Å². The van der Waals surface area contributed by atoms with Gasteiger partial charge < -0.3 is 56.3 Å². The van der Waals surface area contributed by atoms with Crippen molar-refractivity contribution in [2.24, 2.45) is 22.6 Å². The van der Waals surface area contributed by atoms with Crippen LogP contribution in [0.15, 0.2) is 187 Å². The Balaban J connectivity index is -0.00000129. The number of hydrogen-bond donors (Lipinski definition) is 4. The molecule has 0 amide bonds. The maximum atomic E-state index is 11.7. The Kier molecular flexibility index (Phi) is 63.4. The molecule has 0 aliphatic carbocycles. The molecule has 8 aromatic rings. The third kappa shape index (κ3) is 51.1. The number of alkyl halides is 2. The average molecular weight is 1940 g/mol. The number of nitrogens with two attached hydrogens (primary N) is 2. The molecule has 26 nitrogen and oxygen atoms in total. The van der Waals surface area contributed by atoms with Crippen LogP contribution in [0.2, 0.25) is 0 Å². The number of anilines is 1. The van der Waals surface area contributed by atoms with Crippen molar-refractivity contribution in [3.63, 3.8) is 0 Å². The molecule has 6 aromatic carbocycles. The number of nitrogens with one attached hydrogen (secondary N) is 1. The number of rotatable bonds is 20. The van der Waals surface area contributed by atoms with Gasteiger partial charge in [0.1, 0.15) is 34.9 Å². The summed E-state index contributed by atoms with van der Waals surface area (Å²) in [6.45, 7) is 19.9. The van der Waals surface area contributed by atoms with E-state index in [-0.39, 0.29) is 89.8 Å². The number of aryl methyl sites for hydroxylation is 2. The summed E-state index contributed by atoms with van der Waals surface area (Å²) in [4.78, 5) is 132. The molecule has 0 radical (unpaired) electrons. The van der Waals surface area contributed by atoms with E-state index in [1.165, 1.54) is 92.7 Å². The Hall–Kier alpha value is -8.04. The summed E-state index contributed by atoms with van der Waals surface area (Å²) in [5.74, 6) is -2.89. The van der Waals surface area contributed by atoms with Crippen LogP contribution in [0.3, 0.4) is 0 Å². The van der Waals surface area contributed by atoms with Gasteiger partial charge in [-0.1, -0.05) is 159 Å². The fourth-order valence-electron chi connectivity index (χ4n) is 9.59. The van der Waals surface area contributed by atoms with Gasteiger partial charge >= 0.3 is 36.8 Å². The van der Waals surface area contributed by atoms with Crippen LogP contribution in [-0.2, 0) is 78.8 Å². The summed E-state index contributed by atoms with van der Waals surface area (Å²) in [6, 6.07) is 47.8. The first-order valence-electron chi connectivity index (χ1n) is 36.4. The minimum Gasteiger partial charge on any atom is -0.870 e. The van der Waals surface area contributed by atoms with Crippen LogP contribution in [-0.4, -0.2) is 208 Å². The number of likely N-dealkylation sites (N-methyl/N-ethyl adjacent to an activating group) is 2. The quantitative estimate of drug-likeness (QED) is 0.0105. The normalized spacial score (nSPS) is 11.8. The van der Waals surface area contributed by atoms with E-state index < -0.39 is 37.0 Å². The average Bonchev–Trinajstić information content (AvgIpc) is 0.658. The van der Waals surface area contributed by atoms with Crippen molar-refractivity contribution in [1.29, 1.82) is 0 Å². The van der Waals surface area contributed by atoms with E-state index in [4.69, 9.17) is 22.7 Å². The number of nitrogens with zero attached hydrogens (tertiary/aromatic N) is 8. The number of nitroso groups, excluding NO2 is 1. The van der Waals surface area contributed by atoms with Crippen LogP contribution in [0.5, 0.6) is 0 Å². The van der Waals surface area contributed by atoms with Gasteiger partial charge in [-0.15, -0.1) is 4.91 Å². The number of piperazine rings is 2. The number of aliphatic hydroxyl groups excluding tert-OH is 1. The van der Waals surface area contributed by atoms with Gasteiger partial charge in [-0.25, -0.2) is 19.6 Å². The zero-order valence-electron chi connectivity index (χ0n) is 69.8. The molecule has 7 N–H and O–H groups in total. The van der Waals surface area contributed by atoms with Crippen molar-refractivity contribution in [3.8, 4) is 0 Å². The van der Waals surface area contributed by atoms with E-state index in [0.717, 1.165) is 115 Å². The maximum absolute atomic E-state index is 11.7. The Labute approximate surface area is 742 Å². The van der Waals surface area contributed by atoms with Crippen molar-refractivity contribution < 1.29 is 92.6 Å². The molecular formula is C84H108Br5FLiN11O15. The van der Waals surface area contributed by atoms with Gasteiger partial charge in [0, 0.05) is 121 Å². The van der Waals surface area contributed by atoms with Gasteiger partial charge in [0.2, 0.25) is 5.78 Å². The second kappa shape index (κ2) is 66.8. The van der Waals surface area contributed by atoms with Gasteiger partial charge in [0.05, 0.1) is 77.4 Å². The minimum absolute atomic E-state index is 0. The van der Waals surface area contributed by atoms with Crippen molar-refractivity contribution in [3.05, 3.63) is 249 Å². The molecule has 0 saturated carbocycles. The zero-order chi connectivity index (χ0) is 87.7. The van der Waals surface area contributed by atoms with Crippen molar-refractivity contribution in [2.45, 2.75) is 91.9 Å². The molecule has 1 atom stereocenters. The first-order chi connectivity index (χ1) is 55.2. The summed E-state index contributed by atoms with van der Waals surface area (Å²) >= 11 is 16.8. The van der Waals surface area contributed by atoms with Crippen LogP contribution in [0, 0.1) is 24.7 Å². The number of carbonyl (C=O) groups excluding carboxylic acids is 9. The summed E-state index contributed by atoms with van der Waals surface area (Å²) in [7, 11) is 8.27. The second-order valence-electron chi connectivity index (χ2n) is 25.1. The molecule has 117 heavy (non-hydrogen) atoms. The molecule has 33 heteroatoms. The van der Waals surface area contributed by atoms with Crippen molar-refractivity contribution >= 4 is 144 Å². The van der Waals surface area contributed by atoms with Gasteiger partial charge in [-0.05, 0) is 168 Å². The molecule has 0 spiro atoms. The van der Waals surface area contributed by atoms with Gasteiger partial charge in [0.15, 0.2) is 17.2 Å². The number of carbonyl (C=O) groups is 9. The first-order valence-corrected chi connectivity index (χ1v) is 40.0. The van der Waals surface area contributed by atoms with Crippen LogP contribution in [0.1, 0.15) is 114 Å². The number of esters is 3. The summed E-state index contributed by atoms with van der Waals surface area (Å²) in [5.41, 5.74) is 21.0. The number of ketones is 6. The number of aliphatic hydroxyl groups is 1. The van der Waals surface area contributed by atoms with Crippen LogP contribution >= 0.6 is 79.6 Å². The number of benzene rings is 6. The number of halogens is 6. The van der Waals surface area contributed by atoms with E-state index in [0.29, 0.717) is 24.9 Å². The Bertz CT molecular complexity index is 4290. The van der Waals surface area contributed by atoms with Crippen molar-refractivity contribution in [1.82, 2.24) is 35.1 Å². The maximum Gasteiger partial charge on any atom is 1.00 e. The number of ether oxygens (including phenoxy) is 3. The number of methoxy groups -OCH3 is 3. The second-order valence-corrected chi connectivity index (χ2v) is 29.3. The topological polar surface area (TPSA) is 386 Å². The fourth-order valence-corrected chi connectivity index (χ4v) is 11.7. The van der Waals surface area contributed by atoms with E-state index >= 15 is 0 Å². The number of hydrogen-bond acceptors (Lipinski definition) is 26. The van der Waals surface area contributed by atoms with Crippen LogP contribution < -0.4 is 40.5 Å². The largest absolute Gasteiger partial charge is 1.00 e. The molecule has 632 valence electrons. The Morgan fingerprint density at radius 3 is 1.32 bits per heavy atom. The minimum atomic E-state index is -1.00. The predicted molar refractivity (Wildman–Crippen MR) is 470 cm³/mol. The standard InChI is InChI=1S/C19H24N4O2.C14H13BrN2O2.C12H13BrO2.C10H9BrO2.C7H6Br2.C6H5NO.C5H12N2.C5H8O2.C4H10N2O2.CH3F.CH4O.Li.H2O/c1-14-17(21-18(13-20-14)19(24)25-3)12-15-5-4-6-16(11-15)23-9-7-22(2)8-10-23;1-9-12(7-10-4-3-5-11(15)6-10)17-13(8-16-9)14(18)19-2;1-8(14)12(9(2)15)7-10-4-3-5-11(13)6-10;1-7(12)10(13)6-8-3-2-4-9(11)5-8;8-5-6-2-1-3-7(9)4-6;8-7-6-4-2-1-3-5-6;1-7-4-2-6-3-5-7;1-4(6)3-5(2)7;1-8-4(7)3(6)2-5;2*1-2;;/h4-6,11,13H,7-10,12H2,1-3H3;3-6,8H,7H2,1-2H3;3-6,12H,7H2,1-2H3;2-5H,6H2,1H3;1-4H,5H2;1-5H;6H,2-5H2,1H3;3H2,1-2H3;3H,2,5-6H2,1H3;1H3;2H,1H3;;1H2/q;;;;;;;;;;;+1;/p-1/i;;;;;;;;;1D;;;. The van der Waals surface area contributed by atoms with Gasteiger partial charge in [-0.2, -0.15) is 0 Å². The molecule has 0 bridgehead atoms. The summed E-state index contributed by atoms with van der Waals surface area (Å²) in [5, 5.41) is 13.9. The predicted octanol–water partition coefficient (Wildman–Crippen LogP) is 10.7. The molecule has 2 aliphatic heterocycles. The smallest absolute Gasteiger partial charge is 0.870 e. The number of aromatic nitrogens is 4. The summed E-state index contributed by atoms with van der Waals surface area (Å²) in [6.07, 6.45) is 4.93. The van der Waals surface area contributed by atoms with E-state index in [1.54, 1.807) is 24.3 Å². The zero-order valence-corrected chi connectivity index (χ0v) is 76.7. The number of Topliss-reactive ketones (excluding diaryl/α,β-unsaturated/α-hetero) is 6. The molecule has 2 aliphatic rings. The van der Waals surface area contributed by atoms with Crippen molar-refractivity contribution in [2.75, 3.05) is 113 Å². The fraction of sp³-hybridized carbons (Fsp3) is 0.369. The SMILES string of the molecule is BrCc1cccc(Br)c1.CC(=O)C(=O)Cc1cccc(Br)c1.CC(=O)C(Cc1cccc(Br)c1)C(C)=O.CC(=O)CC(C)=O.CN1CCNCC1.CO.COC(=O)C(N)CN.COC(=O)c1cnc(C)c(Cc2cccc(Br)c2)n1.COC(=O)c1cnc(C)c(Cc2cccc(N3CCN(C)CC3)c2)n1.O=Nc1ccccc1.[2H]CF.[Li+].[OH-]. The van der Waals surface area contributed by atoms with Crippen LogP contribution in [0.25, 0.3) is 0 Å². The molecule has 4 heterocycles. The van der Waals surface area contributed by atoms with Crippen LogP contribution in [0.4, 0.5) is 15.8 Å². The molecule has 1 unspecified atom stereocenters. The van der Waals surface area contributed by atoms with Gasteiger partial charge in [-0.3, -0.25) is 47.9 Å². The monoisotopic (exact) mass is 1930 g/mol. The van der Waals surface area contributed by atoms with E-state index in [2.05, 4.69) is 185 Å². The molecule has 10 rings (SSSR count). The third-order valence-electron chi connectivity index (χ3n) is 15.8. The first kappa shape index (κ1) is 111. The Morgan fingerprint density at radius 2 is 0.974 bits per heavy atom. The summed E-state index contributed by atoms with van der Waals surface area (Å²) < 4.78 is 33.2. The van der Waals surface area contributed by atoms with Gasteiger partial charge in [0.25, 0.3) is 0 Å².